The molecule has 2 heterocycles. The molecule has 1 unspecified atom stereocenters. The zero-order chi connectivity index (χ0) is 9.80. The first kappa shape index (κ1) is 10.4. The number of hydrogen-bond acceptors (Lipinski definition) is 3. The molecule has 1 N–H and O–H groups in total. The van der Waals surface area contributed by atoms with Gasteiger partial charge in [0.15, 0.2) is 0 Å². The first-order chi connectivity index (χ1) is 6.88. The van der Waals surface area contributed by atoms with Crippen LogP contribution in [0.25, 0.3) is 0 Å². The van der Waals surface area contributed by atoms with Gasteiger partial charge < -0.3 is 15.0 Å². The molecule has 3 nitrogen and oxygen atoms in total. The Morgan fingerprint density at radius 2 is 2.21 bits per heavy atom. The number of rotatable bonds is 5. The van der Waals surface area contributed by atoms with Gasteiger partial charge in [0.25, 0.3) is 0 Å². The Morgan fingerprint density at radius 1 is 1.36 bits per heavy atom. The van der Waals surface area contributed by atoms with E-state index in [1.165, 1.54) is 45.6 Å². The van der Waals surface area contributed by atoms with Gasteiger partial charge in [-0.25, -0.2) is 0 Å². The fourth-order valence-electron chi connectivity index (χ4n) is 2.41. The molecule has 14 heavy (non-hydrogen) atoms. The molecule has 0 aromatic rings. The molecule has 2 saturated heterocycles. The van der Waals surface area contributed by atoms with Crippen LogP contribution in [0, 0.1) is 11.8 Å². The molecule has 1 atom stereocenters. The zero-order valence-corrected chi connectivity index (χ0v) is 9.17. The topological polar surface area (TPSA) is 24.5 Å². The Labute approximate surface area is 86.8 Å². The summed E-state index contributed by atoms with van der Waals surface area (Å²) in [5.41, 5.74) is 0. The van der Waals surface area contributed by atoms with Crippen molar-refractivity contribution in [2.75, 3.05) is 46.4 Å². The molecule has 0 aliphatic carbocycles. The van der Waals surface area contributed by atoms with Crippen molar-refractivity contribution < 1.29 is 4.74 Å². The fraction of sp³-hybridized carbons (Fsp3) is 1.00. The zero-order valence-electron chi connectivity index (χ0n) is 9.17. The lowest BCUT2D eigenvalue weighted by atomic mass is 9.99. The SMILES string of the molecule is COCC1CCN(CCC2CNC2)C1. The number of likely N-dealkylation sites (tertiary alicyclic amines) is 1. The van der Waals surface area contributed by atoms with E-state index in [0.29, 0.717) is 0 Å². The quantitative estimate of drug-likeness (QED) is 0.699. The predicted molar refractivity (Wildman–Crippen MR) is 57.4 cm³/mol. The van der Waals surface area contributed by atoms with Crippen molar-refractivity contribution in [3.05, 3.63) is 0 Å². The van der Waals surface area contributed by atoms with Crippen LogP contribution in [-0.2, 0) is 4.74 Å². The summed E-state index contributed by atoms with van der Waals surface area (Å²) in [6, 6.07) is 0. The molecule has 2 aliphatic rings. The average Bonchev–Trinajstić information content (AvgIpc) is 2.51. The van der Waals surface area contributed by atoms with Crippen LogP contribution in [0.4, 0.5) is 0 Å². The van der Waals surface area contributed by atoms with Gasteiger partial charge in [0.2, 0.25) is 0 Å². The second kappa shape index (κ2) is 5.10. The summed E-state index contributed by atoms with van der Waals surface area (Å²) in [6.45, 7) is 7.28. The van der Waals surface area contributed by atoms with E-state index in [2.05, 4.69) is 10.2 Å². The Bertz CT molecular complexity index is 171. The largest absolute Gasteiger partial charge is 0.384 e. The van der Waals surface area contributed by atoms with Crippen LogP contribution in [0.2, 0.25) is 0 Å². The van der Waals surface area contributed by atoms with Gasteiger partial charge in [-0.3, -0.25) is 0 Å². The molecule has 0 aromatic carbocycles. The number of nitrogens with one attached hydrogen (secondary N) is 1. The van der Waals surface area contributed by atoms with Crippen molar-refractivity contribution in [1.29, 1.82) is 0 Å². The molecule has 0 bridgehead atoms. The summed E-state index contributed by atoms with van der Waals surface area (Å²) < 4.78 is 5.20. The summed E-state index contributed by atoms with van der Waals surface area (Å²) in [6.07, 6.45) is 2.71. The monoisotopic (exact) mass is 198 g/mol. The normalized spacial score (nSPS) is 29.4. The van der Waals surface area contributed by atoms with E-state index in [1.54, 1.807) is 0 Å². The fourth-order valence-corrected chi connectivity index (χ4v) is 2.41. The molecule has 0 spiro atoms. The minimum absolute atomic E-state index is 0.791. The van der Waals surface area contributed by atoms with Crippen LogP contribution in [0.15, 0.2) is 0 Å². The molecule has 3 heteroatoms. The molecule has 0 saturated carbocycles. The van der Waals surface area contributed by atoms with E-state index >= 15 is 0 Å². The van der Waals surface area contributed by atoms with Gasteiger partial charge >= 0.3 is 0 Å². The minimum atomic E-state index is 0.791. The molecule has 0 radical (unpaired) electrons. The van der Waals surface area contributed by atoms with Crippen LogP contribution in [0.5, 0.6) is 0 Å². The van der Waals surface area contributed by atoms with E-state index in [0.717, 1.165) is 18.4 Å². The molecule has 0 aromatic heterocycles. The van der Waals surface area contributed by atoms with Gasteiger partial charge in [-0.2, -0.15) is 0 Å². The summed E-state index contributed by atoms with van der Waals surface area (Å²) in [5, 5.41) is 3.33. The lowest BCUT2D eigenvalue weighted by Gasteiger charge is -2.28. The van der Waals surface area contributed by atoms with E-state index in [-0.39, 0.29) is 0 Å². The average molecular weight is 198 g/mol. The standard InChI is InChI=1S/C11H22N2O/c1-14-9-11-3-5-13(8-11)4-2-10-6-12-7-10/h10-12H,2-9H2,1H3. The van der Waals surface area contributed by atoms with Crippen LogP contribution in [0.3, 0.4) is 0 Å². The van der Waals surface area contributed by atoms with Gasteiger partial charge in [0.1, 0.15) is 0 Å². The van der Waals surface area contributed by atoms with Gasteiger partial charge in [-0.05, 0) is 50.9 Å². The number of hydrogen-bond donors (Lipinski definition) is 1. The van der Waals surface area contributed by atoms with Crippen molar-refractivity contribution in [1.82, 2.24) is 10.2 Å². The van der Waals surface area contributed by atoms with E-state index < -0.39 is 0 Å². The van der Waals surface area contributed by atoms with Crippen molar-refractivity contribution in [3.63, 3.8) is 0 Å². The number of nitrogens with zero attached hydrogens (tertiary/aromatic N) is 1. The van der Waals surface area contributed by atoms with Crippen LogP contribution in [0.1, 0.15) is 12.8 Å². The lowest BCUT2D eigenvalue weighted by Crippen LogP contribution is -2.43. The molecule has 2 fully saturated rings. The first-order valence-corrected chi connectivity index (χ1v) is 5.80. The Balaban J connectivity index is 1.58. The van der Waals surface area contributed by atoms with E-state index in [1.807, 2.05) is 7.11 Å². The Hall–Kier alpha value is -0.120. The maximum absolute atomic E-state index is 5.20. The molecular formula is C11H22N2O. The summed E-state index contributed by atoms with van der Waals surface area (Å²) in [5.74, 6) is 1.75. The Kier molecular flexibility index (Phi) is 3.79. The van der Waals surface area contributed by atoms with Crippen molar-refractivity contribution >= 4 is 0 Å². The third-order valence-electron chi connectivity index (χ3n) is 3.49. The molecular weight excluding hydrogens is 176 g/mol. The second-order valence-electron chi connectivity index (χ2n) is 4.72. The molecule has 0 amide bonds. The molecule has 2 rings (SSSR count). The first-order valence-electron chi connectivity index (χ1n) is 5.80. The van der Waals surface area contributed by atoms with Gasteiger partial charge in [-0.15, -0.1) is 0 Å². The third-order valence-corrected chi connectivity index (χ3v) is 3.49. The summed E-state index contributed by atoms with van der Waals surface area (Å²) in [4.78, 5) is 2.60. The second-order valence-corrected chi connectivity index (χ2v) is 4.72. The maximum Gasteiger partial charge on any atom is 0.0503 e. The number of ether oxygens (including phenoxy) is 1. The highest BCUT2D eigenvalue weighted by Crippen LogP contribution is 2.18. The number of methoxy groups -OCH3 is 1. The smallest absolute Gasteiger partial charge is 0.0503 e. The van der Waals surface area contributed by atoms with Crippen molar-refractivity contribution in [2.24, 2.45) is 11.8 Å². The third kappa shape index (κ3) is 2.69. The Morgan fingerprint density at radius 3 is 2.86 bits per heavy atom. The highest BCUT2D eigenvalue weighted by Gasteiger charge is 2.24. The van der Waals surface area contributed by atoms with Gasteiger partial charge in [0, 0.05) is 13.7 Å². The molecule has 2 aliphatic heterocycles. The van der Waals surface area contributed by atoms with Crippen LogP contribution < -0.4 is 5.32 Å². The lowest BCUT2D eigenvalue weighted by molar-refractivity contribution is 0.151. The highest BCUT2D eigenvalue weighted by molar-refractivity contribution is 4.79. The minimum Gasteiger partial charge on any atom is -0.384 e. The highest BCUT2D eigenvalue weighted by atomic mass is 16.5. The summed E-state index contributed by atoms with van der Waals surface area (Å²) in [7, 11) is 1.81. The van der Waals surface area contributed by atoms with Gasteiger partial charge in [-0.1, -0.05) is 0 Å². The van der Waals surface area contributed by atoms with Crippen molar-refractivity contribution in [2.45, 2.75) is 12.8 Å². The molecule has 82 valence electrons. The van der Waals surface area contributed by atoms with Crippen molar-refractivity contribution in [3.8, 4) is 0 Å². The van der Waals surface area contributed by atoms with Crippen LogP contribution >= 0.6 is 0 Å². The summed E-state index contributed by atoms with van der Waals surface area (Å²) >= 11 is 0. The van der Waals surface area contributed by atoms with E-state index in [4.69, 9.17) is 4.74 Å². The van der Waals surface area contributed by atoms with E-state index in [9.17, 15) is 0 Å². The van der Waals surface area contributed by atoms with Crippen LogP contribution in [-0.4, -0.2) is 51.3 Å². The van der Waals surface area contributed by atoms with Gasteiger partial charge in [0.05, 0.1) is 6.61 Å². The maximum atomic E-state index is 5.20. The predicted octanol–water partition coefficient (Wildman–Crippen LogP) is 0.564.